The lowest BCUT2D eigenvalue weighted by molar-refractivity contribution is -0.124. The first kappa shape index (κ1) is 10.7. The van der Waals surface area contributed by atoms with Crippen LogP contribution in [-0.4, -0.2) is 11.4 Å². The number of amides is 1. The summed E-state index contributed by atoms with van der Waals surface area (Å²) in [5, 5.41) is 12.1. The summed E-state index contributed by atoms with van der Waals surface area (Å²) in [6.07, 6.45) is 2.67. The number of rotatable bonds is 2. The number of nitrogens with zero attached hydrogens (tertiary/aromatic N) is 1. The van der Waals surface area contributed by atoms with Crippen LogP contribution in [0.3, 0.4) is 0 Å². The number of benzene rings is 1. The maximum Gasteiger partial charge on any atom is 0.221 e. The summed E-state index contributed by atoms with van der Waals surface area (Å²) in [4.78, 5) is 11.4. The summed E-state index contributed by atoms with van der Waals surface area (Å²) in [6.45, 7) is 0. The van der Waals surface area contributed by atoms with Crippen molar-refractivity contribution < 1.29 is 4.79 Å². The minimum atomic E-state index is -0.698. The van der Waals surface area contributed by atoms with E-state index in [9.17, 15) is 10.1 Å². The van der Waals surface area contributed by atoms with Crippen LogP contribution in [0, 0.1) is 11.3 Å². The molecule has 0 aliphatic carbocycles. The average molecular weight is 214 g/mol. The van der Waals surface area contributed by atoms with Crippen LogP contribution in [0.5, 0.6) is 0 Å². The lowest BCUT2D eigenvalue weighted by atomic mass is 9.84. The molecule has 1 N–H and O–H groups in total. The van der Waals surface area contributed by atoms with E-state index < -0.39 is 5.54 Å². The number of nitrogens with one attached hydrogen (secondary N) is 1. The molecule has 0 aromatic heterocycles. The quantitative estimate of drug-likeness (QED) is 0.816. The second kappa shape index (κ2) is 4.36. The average Bonchev–Trinajstić information content (AvgIpc) is 2.30. The predicted octanol–water partition coefficient (Wildman–Crippen LogP) is 1.79. The summed E-state index contributed by atoms with van der Waals surface area (Å²) in [7, 11) is 0. The fraction of sp³-hybridized carbons (Fsp3) is 0.385. The molecule has 16 heavy (non-hydrogen) atoms. The van der Waals surface area contributed by atoms with Crippen molar-refractivity contribution in [3.8, 4) is 6.07 Å². The minimum Gasteiger partial charge on any atom is -0.338 e. The third-order valence-electron chi connectivity index (χ3n) is 2.95. The zero-order valence-corrected chi connectivity index (χ0v) is 9.07. The fourth-order valence-corrected chi connectivity index (χ4v) is 2.14. The molecule has 82 valence electrons. The SMILES string of the molecule is N#CC1(Cc2ccccc2)CCCC(=O)N1. The molecule has 1 heterocycles. The van der Waals surface area contributed by atoms with Crippen LogP contribution in [-0.2, 0) is 11.2 Å². The molecule has 0 spiro atoms. The van der Waals surface area contributed by atoms with E-state index in [1.807, 2.05) is 30.3 Å². The Bertz CT molecular complexity index is 421. The zero-order valence-electron chi connectivity index (χ0n) is 9.07. The molecule has 0 radical (unpaired) electrons. The highest BCUT2D eigenvalue weighted by Crippen LogP contribution is 2.23. The van der Waals surface area contributed by atoms with Gasteiger partial charge in [0, 0.05) is 12.8 Å². The fourth-order valence-electron chi connectivity index (χ4n) is 2.14. The molecule has 1 aliphatic heterocycles. The van der Waals surface area contributed by atoms with Gasteiger partial charge in [-0.3, -0.25) is 4.79 Å². The van der Waals surface area contributed by atoms with Gasteiger partial charge in [0.1, 0.15) is 5.54 Å². The molecule has 1 saturated heterocycles. The monoisotopic (exact) mass is 214 g/mol. The molecule has 0 bridgehead atoms. The summed E-state index contributed by atoms with van der Waals surface area (Å²) in [6, 6.07) is 12.1. The largest absolute Gasteiger partial charge is 0.338 e. The minimum absolute atomic E-state index is 0.0104. The molecule has 2 rings (SSSR count). The number of carbonyl (C=O) groups is 1. The van der Waals surface area contributed by atoms with E-state index in [4.69, 9.17) is 0 Å². The molecule has 3 nitrogen and oxygen atoms in total. The molecular weight excluding hydrogens is 200 g/mol. The Morgan fingerprint density at radius 3 is 2.75 bits per heavy atom. The summed E-state index contributed by atoms with van der Waals surface area (Å²) in [5.74, 6) is -0.0104. The first-order valence-corrected chi connectivity index (χ1v) is 5.50. The zero-order chi connectivity index (χ0) is 11.4. The second-order valence-electron chi connectivity index (χ2n) is 4.26. The highest BCUT2D eigenvalue weighted by molar-refractivity contribution is 5.78. The van der Waals surface area contributed by atoms with Crippen LogP contribution in [0.1, 0.15) is 24.8 Å². The van der Waals surface area contributed by atoms with Crippen molar-refractivity contribution in [1.82, 2.24) is 5.32 Å². The van der Waals surface area contributed by atoms with Gasteiger partial charge in [-0.15, -0.1) is 0 Å². The van der Waals surface area contributed by atoms with Gasteiger partial charge in [0.15, 0.2) is 0 Å². The van der Waals surface area contributed by atoms with Gasteiger partial charge >= 0.3 is 0 Å². The highest BCUT2D eigenvalue weighted by Gasteiger charge is 2.34. The first-order valence-electron chi connectivity index (χ1n) is 5.50. The highest BCUT2D eigenvalue weighted by atomic mass is 16.1. The summed E-state index contributed by atoms with van der Waals surface area (Å²) < 4.78 is 0. The molecule has 1 aromatic rings. The van der Waals surface area contributed by atoms with Gasteiger partial charge in [-0.2, -0.15) is 5.26 Å². The topological polar surface area (TPSA) is 52.9 Å². The molecule has 1 unspecified atom stereocenters. The normalized spacial score (nSPS) is 24.6. The van der Waals surface area contributed by atoms with Gasteiger partial charge in [-0.25, -0.2) is 0 Å². The Kier molecular flexibility index (Phi) is 2.91. The Morgan fingerprint density at radius 1 is 1.38 bits per heavy atom. The molecule has 1 fully saturated rings. The Labute approximate surface area is 95.1 Å². The lowest BCUT2D eigenvalue weighted by Crippen LogP contribution is -2.51. The molecular formula is C13H14N2O. The van der Waals surface area contributed by atoms with Gasteiger partial charge in [-0.05, 0) is 18.4 Å². The van der Waals surface area contributed by atoms with Crippen LogP contribution in [0.2, 0.25) is 0 Å². The van der Waals surface area contributed by atoms with E-state index in [-0.39, 0.29) is 5.91 Å². The number of hydrogen-bond donors (Lipinski definition) is 1. The van der Waals surface area contributed by atoms with Crippen LogP contribution in [0.15, 0.2) is 30.3 Å². The van der Waals surface area contributed by atoms with Gasteiger partial charge < -0.3 is 5.32 Å². The van der Waals surface area contributed by atoms with Crippen molar-refractivity contribution in [3.63, 3.8) is 0 Å². The third-order valence-corrected chi connectivity index (χ3v) is 2.95. The van der Waals surface area contributed by atoms with E-state index in [0.29, 0.717) is 12.8 Å². The summed E-state index contributed by atoms with van der Waals surface area (Å²) in [5.41, 5.74) is 0.391. The number of piperidine rings is 1. The number of carbonyl (C=O) groups excluding carboxylic acids is 1. The van der Waals surface area contributed by atoms with E-state index in [1.165, 1.54) is 0 Å². The molecule has 1 aliphatic rings. The molecule has 3 heteroatoms. The van der Waals surface area contributed by atoms with Crippen molar-refractivity contribution in [3.05, 3.63) is 35.9 Å². The van der Waals surface area contributed by atoms with Gasteiger partial charge in [0.05, 0.1) is 6.07 Å². The number of nitriles is 1. The smallest absolute Gasteiger partial charge is 0.221 e. The van der Waals surface area contributed by atoms with Gasteiger partial charge in [0.2, 0.25) is 5.91 Å². The standard InChI is InChI=1S/C13H14N2O/c14-10-13(8-4-7-12(16)15-13)9-11-5-2-1-3-6-11/h1-3,5-6H,4,7-9H2,(H,15,16). The Balaban J connectivity index is 2.17. The van der Waals surface area contributed by atoms with Crippen molar-refractivity contribution in [1.29, 1.82) is 5.26 Å². The van der Waals surface area contributed by atoms with Crippen molar-refractivity contribution in [2.75, 3.05) is 0 Å². The Morgan fingerprint density at radius 2 is 2.12 bits per heavy atom. The van der Waals surface area contributed by atoms with Crippen molar-refractivity contribution >= 4 is 5.91 Å². The van der Waals surface area contributed by atoms with Gasteiger partial charge in [0.25, 0.3) is 0 Å². The lowest BCUT2D eigenvalue weighted by Gasteiger charge is -2.31. The first-order chi connectivity index (χ1) is 7.74. The van der Waals surface area contributed by atoms with Crippen LogP contribution < -0.4 is 5.32 Å². The summed E-state index contributed by atoms with van der Waals surface area (Å²) >= 11 is 0. The van der Waals surface area contributed by atoms with Crippen LogP contribution >= 0.6 is 0 Å². The number of hydrogen-bond acceptors (Lipinski definition) is 2. The van der Waals surface area contributed by atoms with Crippen LogP contribution in [0.25, 0.3) is 0 Å². The van der Waals surface area contributed by atoms with Crippen LogP contribution in [0.4, 0.5) is 0 Å². The second-order valence-corrected chi connectivity index (χ2v) is 4.26. The van der Waals surface area contributed by atoms with E-state index in [0.717, 1.165) is 18.4 Å². The van der Waals surface area contributed by atoms with E-state index >= 15 is 0 Å². The van der Waals surface area contributed by atoms with Crippen molar-refractivity contribution in [2.45, 2.75) is 31.2 Å². The molecule has 1 amide bonds. The molecule has 0 saturated carbocycles. The predicted molar refractivity (Wildman–Crippen MR) is 60.5 cm³/mol. The maximum atomic E-state index is 11.4. The van der Waals surface area contributed by atoms with E-state index in [1.54, 1.807) is 0 Å². The van der Waals surface area contributed by atoms with Crippen molar-refractivity contribution in [2.24, 2.45) is 0 Å². The maximum absolute atomic E-state index is 11.4. The Hall–Kier alpha value is -1.82. The van der Waals surface area contributed by atoms with E-state index in [2.05, 4.69) is 11.4 Å². The molecule has 1 aromatic carbocycles. The molecule has 1 atom stereocenters. The third kappa shape index (κ3) is 2.22. The van der Waals surface area contributed by atoms with Gasteiger partial charge in [-0.1, -0.05) is 30.3 Å².